The predicted octanol–water partition coefficient (Wildman–Crippen LogP) is 4.29. The number of hydrogen-bond donors (Lipinski definition) is 3. The van der Waals surface area contributed by atoms with Crippen LogP contribution in [-0.2, 0) is 10.5 Å². The highest BCUT2D eigenvalue weighted by Gasteiger charge is 2.31. The maximum atomic E-state index is 13.0. The van der Waals surface area contributed by atoms with Crippen LogP contribution in [0.15, 0.2) is 52.4 Å². The van der Waals surface area contributed by atoms with Gasteiger partial charge in [-0.15, -0.1) is 0 Å². The summed E-state index contributed by atoms with van der Waals surface area (Å²) in [5.41, 5.74) is 1.77. The van der Waals surface area contributed by atoms with Crippen molar-refractivity contribution >= 4 is 35.1 Å². The van der Waals surface area contributed by atoms with Crippen LogP contribution in [0.2, 0.25) is 5.02 Å². The molecule has 7 nitrogen and oxygen atoms in total. The molecule has 1 aliphatic rings. The van der Waals surface area contributed by atoms with Crippen molar-refractivity contribution in [3.8, 4) is 11.5 Å². The van der Waals surface area contributed by atoms with E-state index in [1.54, 1.807) is 18.2 Å². The molecule has 0 aliphatic carbocycles. The quantitative estimate of drug-likeness (QED) is 0.376. The fourth-order valence-corrected chi connectivity index (χ4v) is 4.52. The monoisotopic (exact) mass is 457 g/mol. The second-order valence-corrected chi connectivity index (χ2v) is 8.42. The number of phenols is 1. The van der Waals surface area contributed by atoms with Gasteiger partial charge in [0, 0.05) is 23.1 Å². The lowest BCUT2D eigenvalue weighted by Crippen LogP contribution is -2.31. The number of benzene rings is 2. The minimum Gasteiger partial charge on any atom is -0.504 e. The standard InChI is InChI=1S/C22H20ClN3O4S/c1-2-30-17-9-13(6-7-16(17)27)15-10-18(28)24-20-19(15)21(29)26-22(25-20)31-11-12-4-3-5-14(23)8-12/h3-9,15,27H,2,10-11H2,1H3,(H2,24,25,26,28,29)/t15-/m0/s1. The van der Waals surface area contributed by atoms with E-state index >= 15 is 0 Å². The van der Waals surface area contributed by atoms with Gasteiger partial charge >= 0.3 is 0 Å². The Morgan fingerprint density at radius 2 is 2.10 bits per heavy atom. The second-order valence-electron chi connectivity index (χ2n) is 7.02. The first kappa shape index (κ1) is 21.3. The smallest absolute Gasteiger partial charge is 0.257 e. The van der Waals surface area contributed by atoms with E-state index in [1.807, 2.05) is 25.1 Å². The first-order chi connectivity index (χ1) is 14.9. The Morgan fingerprint density at radius 3 is 2.87 bits per heavy atom. The molecule has 4 rings (SSSR count). The number of aromatic hydroxyl groups is 1. The molecule has 1 atom stereocenters. The molecule has 1 aromatic heterocycles. The van der Waals surface area contributed by atoms with Crippen LogP contribution in [0.4, 0.5) is 5.82 Å². The average Bonchev–Trinajstić information content (AvgIpc) is 2.73. The van der Waals surface area contributed by atoms with Gasteiger partial charge in [-0.1, -0.05) is 41.6 Å². The van der Waals surface area contributed by atoms with Gasteiger partial charge < -0.3 is 20.1 Å². The van der Waals surface area contributed by atoms with E-state index in [9.17, 15) is 14.7 Å². The van der Waals surface area contributed by atoms with Gasteiger partial charge in [0.25, 0.3) is 5.56 Å². The molecule has 0 saturated carbocycles. The zero-order chi connectivity index (χ0) is 22.0. The summed E-state index contributed by atoms with van der Waals surface area (Å²) in [5, 5.41) is 13.7. The Hall–Kier alpha value is -2.97. The highest BCUT2D eigenvalue weighted by atomic mass is 35.5. The Bertz CT molecular complexity index is 1200. The van der Waals surface area contributed by atoms with Crippen LogP contribution in [0.5, 0.6) is 11.5 Å². The van der Waals surface area contributed by atoms with Gasteiger partial charge in [-0.05, 0) is 42.3 Å². The first-order valence-corrected chi connectivity index (χ1v) is 11.1. The molecule has 160 valence electrons. The number of thioether (sulfide) groups is 1. The van der Waals surface area contributed by atoms with Crippen molar-refractivity contribution in [3.05, 3.63) is 74.5 Å². The number of halogens is 1. The van der Waals surface area contributed by atoms with Crippen LogP contribution in [0.25, 0.3) is 0 Å². The lowest BCUT2D eigenvalue weighted by atomic mass is 9.86. The number of hydrogen-bond acceptors (Lipinski definition) is 6. The molecule has 0 saturated heterocycles. The number of fused-ring (bicyclic) bond motifs is 1. The van der Waals surface area contributed by atoms with E-state index in [-0.39, 0.29) is 29.5 Å². The van der Waals surface area contributed by atoms with Crippen LogP contribution >= 0.6 is 23.4 Å². The average molecular weight is 458 g/mol. The third kappa shape index (κ3) is 4.70. The summed E-state index contributed by atoms with van der Waals surface area (Å²) in [6.07, 6.45) is 0.100. The fourth-order valence-electron chi connectivity index (χ4n) is 3.50. The number of aromatic nitrogens is 2. The Balaban J connectivity index is 1.66. The summed E-state index contributed by atoms with van der Waals surface area (Å²) < 4.78 is 5.45. The summed E-state index contributed by atoms with van der Waals surface area (Å²) >= 11 is 7.37. The van der Waals surface area contributed by atoms with Crippen molar-refractivity contribution in [2.45, 2.75) is 30.2 Å². The summed E-state index contributed by atoms with van der Waals surface area (Å²) in [4.78, 5) is 32.6. The number of phenolic OH excluding ortho intramolecular Hbond substituents is 1. The van der Waals surface area contributed by atoms with Crippen molar-refractivity contribution < 1.29 is 14.6 Å². The molecule has 31 heavy (non-hydrogen) atoms. The molecule has 0 bridgehead atoms. The molecule has 0 fully saturated rings. The number of carbonyl (C=O) groups is 1. The second kappa shape index (κ2) is 9.03. The third-order valence-corrected chi connectivity index (χ3v) is 6.06. The van der Waals surface area contributed by atoms with Crippen LogP contribution in [0.3, 0.4) is 0 Å². The van der Waals surface area contributed by atoms with Crippen molar-refractivity contribution in [2.24, 2.45) is 0 Å². The van der Waals surface area contributed by atoms with E-state index in [2.05, 4.69) is 15.3 Å². The number of rotatable bonds is 6. The van der Waals surface area contributed by atoms with E-state index in [0.717, 1.165) is 5.56 Å². The lowest BCUT2D eigenvalue weighted by Gasteiger charge is -2.25. The zero-order valence-electron chi connectivity index (χ0n) is 16.6. The molecule has 2 heterocycles. The highest BCUT2D eigenvalue weighted by molar-refractivity contribution is 7.98. The molecule has 2 aromatic carbocycles. The summed E-state index contributed by atoms with van der Waals surface area (Å²) in [5.74, 6) is 0.412. The van der Waals surface area contributed by atoms with Gasteiger partial charge in [-0.2, -0.15) is 0 Å². The SMILES string of the molecule is CCOc1cc([C@@H]2CC(=O)Nc3nc(SCc4cccc(Cl)c4)[nH]c(=O)c32)ccc1O. The molecule has 0 radical (unpaired) electrons. The van der Waals surface area contributed by atoms with Gasteiger partial charge in [-0.3, -0.25) is 9.59 Å². The molecule has 0 spiro atoms. The van der Waals surface area contributed by atoms with Crippen LogP contribution < -0.4 is 15.6 Å². The largest absolute Gasteiger partial charge is 0.504 e. The van der Waals surface area contributed by atoms with E-state index in [1.165, 1.54) is 17.8 Å². The number of nitrogens with zero attached hydrogens (tertiary/aromatic N) is 1. The summed E-state index contributed by atoms with van der Waals surface area (Å²) in [7, 11) is 0. The molecule has 1 amide bonds. The van der Waals surface area contributed by atoms with Crippen molar-refractivity contribution in [3.63, 3.8) is 0 Å². The van der Waals surface area contributed by atoms with Crippen molar-refractivity contribution in [1.82, 2.24) is 9.97 Å². The van der Waals surface area contributed by atoms with E-state index in [0.29, 0.717) is 39.4 Å². The third-order valence-electron chi connectivity index (χ3n) is 4.88. The number of ether oxygens (including phenoxy) is 1. The van der Waals surface area contributed by atoms with Crippen LogP contribution in [-0.4, -0.2) is 27.6 Å². The number of carbonyl (C=O) groups excluding carboxylic acids is 1. The molecule has 1 aliphatic heterocycles. The zero-order valence-corrected chi connectivity index (χ0v) is 18.2. The predicted molar refractivity (Wildman–Crippen MR) is 120 cm³/mol. The normalized spacial score (nSPS) is 15.3. The van der Waals surface area contributed by atoms with Crippen LogP contribution in [0.1, 0.15) is 36.0 Å². The number of H-pyrrole nitrogens is 1. The Kier molecular flexibility index (Phi) is 6.20. The van der Waals surface area contributed by atoms with E-state index < -0.39 is 5.92 Å². The topological polar surface area (TPSA) is 104 Å². The summed E-state index contributed by atoms with van der Waals surface area (Å²) in [6, 6.07) is 12.3. The molecular formula is C22H20ClN3O4S. The van der Waals surface area contributed by atoms with Gasteiger partial charge in [0.1, 0.15) is 5.82 Å². The number of anilines is 1. The van der Waals surface area contributed by atoms with Gasteiger partial charge in [0.05, 0.1) is 12.2 Å². The summed E-state index contributed by atoms with van der Waals surface area (Å²) in [6.45, 7) is 2.20. The van der Waals surface area contributed by atoms with Crippen LogP contribution in [0, 0.1) is 0 Å². The van der Waals surface area contributed by atoms with Gasteiger partial charge in [0.15, 0.2) is 16.7 Å². The Morgan fingerprint density at radius 1 is 1.26 bits per heavy atom. The molecule has 0 unspecified atom stereocenters. The molecule has 9 heteroatoms. The highest BCUT2D eigenvalue weighted by Crippen LogP contribution is 2.38. The number of amides is 1. The fraction of sp³-hybridized carbons (Fsp3) is 0.227. The van der Waals surface area contributed by atoms with Gasteiger partial charge in [0.2, 0.25) is 5.91 Å². The Labute approximate surface area is 187 Å². The minimum atomic E-state index is -0.494. The number of nitrogens with one attached hydrogen (secondary N) is 2. The first-order valence-electron chi connectivity index (χ1n) is 9.71. The lowest BCUT2D eigenvalue weighted by molar-refractivity contribution is -0.116. The van der Waals surface area contributed by atoms with Crippen molar-refractivity contribution in [2.75, 3.05) is 11.9 Å². The maximum Gasteiger partial charge on any atom is 0.257 e. The van der Waals surface area contributed by atoms with Crippen molar-refractivity contribution in [1.29, 1.82) is 0 Å². The molecule has 3 N–H and O–H groups in total. The maximum absolute atomic E-state index is 13.0. The molecular weight excluding hydrogens is 438 g/mol. The minimum absolute atomic E-state index is 0.00545. The number of aromatic amines is 1. The van der Waals surface area contributed by atoms with Gasteiger partial charge in [-0.25, -0.2) is 4.98 Å². The van der Waals surface area contributed by atoms with E-state index in [4.69, 9.17) is 16.3 Å². The molecule has 3 aromatic rings.